The van der Waals surface area contributed by atoms with Gasteiger partial charge >= 0.3 is 0 Å². The first-order valence-corrected chi connectivity index (χ1v) is 11.8. The van der Waals surface area contributed by atoms with Crippen LogP contribution in [0.15, 0.2) is 49.2 Å². The highest BCUT2D eigenvalue weighted by Gasteiger charge is 2.32. The Hall–Kier alpha value is -3.62. The minimum Gasteiger partial charge on any atom is -0.772 e. The minimum atomic E-state index is -2.18. The number of nitriles is 1. The fraction of sp³-hybridized carbons (Fsp3) is 0.318. The topological polar surface area (TPSA) is 139 Å². The molecular weight excluding hydrogens is 440 g/mol. The molecule has 5 heterocycles. The van der Waals surface area contributed by atoms with Crippen molar-refractivity contribution < 1.29 is 8.76 Å². The van der Waals surface area contributed by atoms with Crippen molar-refractivity contribution in [3.63, 3.8) is 0 Å². The number of H-pyrrole nitrogens is 1. The van der Waals surface area contributed by atoms with Gasteiger partial charge in [-0.2, -0.15) is 10.4 Å². The molecule has 0 saturated carbocycles. The van der Waals surface area contributed by atoms with Crippen LogP contribution in [0.1, 0.15) is 24.6 Å². The molecule has 1 saturated heterocycles. The zero-order valence-electron chi connectivity index (χ0n) is 17.7. The van der Waals surface area contributed by atoms with Gasteiger partial charge in [0, 0.05) is 42.4 Å². The molecule has 3 atom stereocenters. The summed E-state index contributed by atoms with van der Waals surface area (Å²) in [5.41, 5.74) is 2.96. The van der Waals surface area contributed by atoms with Gasteiger partial charge in [0.2, 0.25) is 0 Å². The molecule has 1 aliphatic rings. The standard InChI is InChI=1S/C22H22N8O2S/c23-7-4-19(15-6-9-29(11-15)20-3-1-2-17(28-20)13-33(31)32)30-12-16(10-27-30)21-18-5-8-24-22(18)26-14-25-21/h1-3,5,8,10,12,14-15,19H,4,6,9,11,13H2,(H,31,32)(H,24,25,26)/p-1. The number of anilines is 1. The van der Waals surface area contributed by atoms with E-state index in [9.17, 15) is 14.0 Å². The maximum absolute atomic E-state index is 11.0. The van der Waals surface area contributed by atoms with E-state index in [0.717, 1.165) is 41.1 Å². The van der Waals surface area contributed by atoms with E-state index in [1.54, 1.807) is 12.3 Å². The monoisotopic (exact) mass is 461 g/mol. The molecule has 1 aliphatic heterocycles. The van der Waals surface area contributed by atoms with E-state index < -0.39 is 11.1 Å². The van der Waals surface area contributed by atoms with Crippen molar-refractivity contribution >= 4 is 27.9 Å². The van der Waals surface area contributed by atoms with E-state index in [0.29, 0.717) is 18.7 Å². The molecule has 0 radical (unpaired) electrons. The number of hydrogen-bond acceptors (Lipinski definition) is 8. The summed E-state index contributed by atoms with van der Waals surface area (Å²) in [5.74, 6) is 0.859. The number of nitrogens with one attached hydrogen (secondary N) is 1. The molecule has 33 heavy (non-hydrogen) atoms. The maximum atomic E-state index is 11.0. The van der Waals surface area contributed by atoms with Gasteiger partial charge in [-0.05, 0) is 35.7 Å². The number of fused-ring (bicyclic) bond motifs is 1. The maximum Gasteiger partial charge on any atom is 0.141 e. The lowest BCUT2D eigenvalue weighted by Gasteiger charge is -2.23. The van der Waals surface area contributed by atoms with Gasteiger partial charge in [0.25, 0.3) is 0 Å². The molecule has 0 spiro atoms. The second kappa shape index (κ2) is 9.09. The van der Waals surface area contributed by atoms with Crippen molar-refractivity contribution in [2.24, 2.45) is 5.92 Å². The van der Waals surface area contributed by atoms with Crippen LogP contribution in [0.5, 0.6) is 0 Å². The highest BCUT2D eigenvalue weighted by Crippen LogP contribution is 2.33. The molecule has 3 unspecified atom stereocenters. The summed E-state index contributed by atoms with van der Waals surface area (Å²) in [6.07, 6.45) is 8.30. The minimum absolute atomic E-state index is 0.0883. The second-order valence-corrected chi connectivity index (χ2v) is 8.93. The third-order valence-electron chi connectivity index (χ3n) is 6.02. The molecule has 0 amide bonds. The molecule has 0 aliphatic carbocycles. The SMILES string of the molecule is N#CCC(C1CCN(c2cccc(CS(=O)[O-])n2)C1)n1cc(-c2ncnc3[nH]ccc23)cn1. The quantitative estimate of drug-likeness (QED) is 0.414. The van der Waals surface area contributed by atoms with Gasteiger partial charge in [0.15, 0.2) is 0 Å². The third-order valence-corrected chi connectivity index (χ3v) is 6.55. The summed E-state index contributed by atoms with van der Waals surface area (Å²) >= 11 is -2.18. The van der Waals surface area contributed by atoms with Crippen LogP contribution in [-0.4, -0.2) is 51.6 Å². The van der Waals surface area contributed by atoms with Crippen LogP contribution in [0.3, 0.4) is 0 Å². The predicted octanol–water partition coefficient (Wildman–Crippen LogP) is 2.58. The molecule has 0 aromatic carbocycles. The molecule has 10 nitrogen and oxygen atoms in total. The van der Waals surface area contributed by atoms with Gasteiger partial charge in [0.1, 0.15) is 17.8 Å². The van der Waals surface area contributed by atoms with E-state index in [4.69, 9.17) is 0 Å². The molecule has 5 rings (SSSR count). The Labute approximate surface area is 192 Å². The van der Waals surface area contributed by atoms with Gasteiger partial charge in [-0.1, -0.05) is 6.07 Å². The zero-order chi connectivity index (χ0) is 22.8. The summed E-state index contributed by atoms with van der Waals surface area (Å²) in [4.78, 5) is 18.4. The molecule has 1 N–H and O–H groups in total. The van der Waals surface area contributed by atoms with E-state index >= 15 is 0 Å². The Morgan fingerprint density at radius 3 is 3.09 bits per heavy atom. The van der Waals surface area contributed by atoms with Crippen molar-refractivity contribution in [2.75, 3.05) is 18.0 Å². The Balaban J connectivity index is 1.37. The first-order valence-electron chi connectivity index (χ1n) is 10.6. The number of rotatable bonds is 7. The first kappa shape index (κ1) is 21.2. The summed E-state index contributed by atoms with van der Waals surface area (Å²) in [6, 6.07) is 9.59. The third kappa shape index (κ3) is 4.35. The fourth-order valence-electron chi connectivity index (χ4n) is 4.47. The van der Waals surface area contributed by atoms with Crippen LogP contribution in [-0.2, 0) is 16.8 Å². The average molecular weight is 462 g/mol. The predicted molar refractivity (Wildman–Crippen MR) is 122 cm³/mol. The number of aromatic nitrogens is 6. The summed E-state index contributed by atoms with van der Waals surface area (Å²) in [7, 11) is 0. The molecular formula is C22H21N8O2S-. The van der Waals surface area contributed by atoms with E-state index in [2.05, 4.69) is 36.0 Å². The molecule has 11 heteroatoms. The molecule has 1 fully saturated rings. The fourth-order valence-corrected chi connectivity index (χ4v) is 4.87. The summed E-state index contributed by atoms with van der Waals surface area (Å²) in [6.45, 7) is 1.50. The van der Waals surface area contributed by atoms with Crippen molar-refractivity contribution in [1.29, 1.82) is 5.26 Å². The van der Waals surface area contributed by atoms with Gasteiger partial charge in [-0.15, -0.1) is 0 Å². The van der Waals surface area contributed by atoms with Gasteiger partial charge in [-0.25, -0.2) is 15.0 Å². The van der Waals surface area contributed by atoms with Crippen molar-refractivity contribution in [1.82, 2.24) is 29.7 Å². The van der Waals surface area contributed by atoms with Crippen molar-refractivity contribution in [3.05, 3.63) is 54.9 Å². The number of nitrogens with zero attached hydrogens (tertiary/aromatic N) is 7. The summed E-state index contributed by atoms with van der Waals surface area (Å²) in [5, 5.41) is 15.0. The zero-order valence-corrected chi connectivity index (χ0v) is 18.5. The molecule has 0 bridgehead atoms. The number of pyridine rings is 1. The van der Waals surface area contributed by atoms with E-state index in [-0.39, 0.29) is 17.7 Å². The molecule has 4 aromatic rings. The number of hydrogen-bond donors (Lipinski definition) is 1. The Kier molecular flexibility index (Phi) is 5.85. The second-order valence-electron chi connectivity index (χ2n) is 8.03. The molecule has 168 valence electrons. The van der Waals surface area contributed by atoms with Crippen LogP contribution in [0.2, 0.25) is 0 Å². The highest BCUT2D eigenvalue weighted by molar-refractivity contribution is 7.78. The van der Waals surface area contributed by atoms with Crippen LogP contribution in [0, 0.1) is 17.2 Å². The number of aromatic amines is 1. The van der Waals surface area contributed by atoms with E-state index in [1.807, 2.05) is 35.3 Å². The van der Waals surface area contributed by atoms with Crippen LogP contribution >= 0.6 is 0 Å². The van der Waals surface area contributed by atoms with Gasteiger partial charge < -0.3 is 14.4 Å². The smallest absolute Gasteiger partial charge is 0.141 e. The summed E-state index contributed by atoms with van der Waals surface area (Å²) < 4.78 is 23.9. The van der Waals surface area contributed by atoms with Crippen molar-refractivity contribution in [3.8, 4) is 17.3 Å². The lowest BCUT2D eigenvalue weighted by Crippen LogP contribution is -2.25. The lowest BCUT2D eigenvalue weighted by molar-refractivity contribution is 0.332. The largest absolute Gasteiger partial charge is 0.772 e. The Bertz CT molecular complexity index is 1340. The molecule has 4 aromatic heterocycles. The van der Waals surface area contributed by atoms with Gasteiger partial charge in [0.05, 0.1) is 41.9 Å². The van der Waals surface area contributed by atoms with Gasteiger partial charge in [-0.3, -0.25) is 8.89 Å². The van der Waals surface area contributed by atoms with Crippen LogP contribution in [0.4, 0.5) is 5.82 Å². The highest BCUT2D eigenvalue weighted by atomic mass is 32.2. The Morgan fingerprint density at radius 2 is 2.24 bits per heavy atom. The average Bonchev–Trinajstić information content (AvgIpc) is 3.58. The first-order chi connectivity index (χ1) is 16.1. The van der Waals surface area contributed by atoms with Crippen LogP contribution in [0.25, 0.3) is 22.3 Å². The normalized spacial score (nSPS) is 17.8. The van der Waals surface area contributed by atoms with E-state index in [1.165, 1.54) is 6.33 Å². The van der Waals surface area contributed by atoms with Crippen molar-refractivity contribution in [2.45, 2.75) is 24.6 Å². The Morgan fingerprint density at radius 1 is 1.33 bits per heavy atom. The lowest BCUT2D eigenvalue weighted by atomic mass is 9.96. The van der Waals surface area contributed by atoms with Crippen LogP contribution < -0.4 is 4.90 Å².